The molecule has 1 atom stereocenters. The minimum absolute atomic E-state index is 0.245. The summed E-state index contributed by atoms with van der Waals surface area (Å²) in [4.78, 5) is 29.8. The van der Waals surface area contributed by atoms with Crippen LogP contribution in [0.5, 0.6) is 0 Å². The summed E-state index contributed by atoms with van der Waals surface area (Å²) >= 11 is 0. The van der Waals surface area contributed by atoms with Crippen LogP contribution in [0.15, 0.2) is 12.2 Å². The van der Waals surface area contributed by atoms with Crippen molar-refractivity contribution in [1.82, 2.24) is 0 Å². The predicted molar refractivity (Wildman–Crippen MR) is 48.3 cm³/mol. The Bertz CT molecular complexity index is 233. The van der Waals surface area contributed by atoms with Gasteiger partial charge in [-0.3, -0.25) is 4.89 Å². The molecule has 0 rings (SSSR count). The normalized spacial score (nSPS) is 11.9. The number of carbonyl (C=O) groups is 2. The topological polar surface area (TPSA) is 72.8 Å². The van der Waals surface area contributed by atoms with Gasteiger partial charge in [-0.25, -0.2) is 9.59 Å². The highest BCUT2D eigenvalue weighted by molar-refractivity contribution is 6.12. The van der Waals surface area contributed by atoms with Gasteiger partial charge in [0, 0.05) is 0 Å². The molecule has 0 aromatic carbocycles. The van der Waals surface area contributed by atoms with E-state index in [4.69, 9.17) is 5.11 Å². The molecule has 1 unspecified atom stereocenters. The molecule has 0 saturated carbocycles. The predicted octanol–water partition coefficient (Wildman–Crippen LogP) is 1.15. The number of carbonyl (C=O) groups excluding carboxylic acids is 1. The minimum Gasteiger partial charge on any atom is -0.477 e. The zero-order chi connectivity index (χ0) is 11.1. The van der Waals surface area contributed by atoms with Gasteiger partial charge in [-0.15, -0.1) is 0 Å². The summed E-state index contributed by atoms with van der Waals surface area (Å²) in [5.74, 6) is -2.23. The van der Waals surface area contributed by atoms with Crippen LogP contribution in [0.4, 0.5) is 0 Å². The Hall–Kier alpha value is -1.36. The van der Waals surface area contributed by atoms with Crippen molar-refractivity contribution in [2.75, 3.05) is 6.61 Å². The fraction of sp³-hybridized carbons (Fsp3) is 0.556. The smallest absolute Gasteiger partial charge is 0.379 e. The van der Waals surface area contributed by atoms with Crippen LogP contribution in [0, 0.1) is 5.92 Å². The van der Waals surface area contributed by atoms with Crippen LogP contribution >= 0.6 is 0 Å². The molecule has 0 amide bonds. The number of hydrogen-bond acceptors (Lipinski definition) is 4. The Morgan fingerprint density at radius 2 is 2.07 bits per heavy atom. The van der Waals surface area contributed by atoms with Crippen LogP contribution in [0.2, 0.25) is 0 Å². The lowest BCUT2D eigenvalue weighted by molar-refractivity contribution is -0.273. The summed E-state index contributed by atoms with van der Waals surface area (Å²) in [7, 11) is 0. The van der Waals surface area contributed by atoms with Crippen LogP contribution in [0.1, 0.15) is 20.3 Å². The maximum atomic E-state index is 10.8. The Balaban J connectivity index is 3.75. The largest absolute Gasteiger partial charge is 0.477 e. The molecule has 1 N–H and O–H groups in total. The first kappa shape index (κ1) is 12.6. The second-order valence-corrected chi connectivity index (χ2v) is 2.95. The number of hydrogen-bond donors (Lipinski definition) is 1. The standard InChI is InChI=1S/C9H14O5/c1-4-6(2)5-13-14-9(12)7(3)8(10)11/h6H,3-5H2,1-2H3,(H,10,11). The fourth-order valence-electron chi connectivity index (χ4n) is 0.459. The molecule has 0 radical (unpaired) electrons. The molecule has 0 heterocycles. The minimum atomic E-state index is -1.41. The Labute approximate surface area is 82.2 Å². The van der Waals surface area contributed by atoms with Gasteiger partial charge in [0.1, 0.15) is 5.57 Å². The summed E-state index contributed by atoms with van der Waals surface area (Å²) in [6.45, 7) is 7.14. The van der Waals surface area contributed by atoms with Gasteiger partial charge in [-0.1, -0.05) is 26.8 Å². The van der Waals surface area contributed by atoms with E-state index in [0.717, 1.165) is 6.42 Å². The first-order chi connectivity index (χ1) is 6.49. The number of carboxylic acids is 1. The molecule has 80 valence electrons. The first-order valence-electron chi connectivity index (χ1n) is 4.25. The molecule has 0 bridgehead atoms. The van der Waals surface area contributed by atoms with E-state index in [9.17, 15) is 9.59 Å². The van der Waals surface area contributed by atoms with Crippen LogP contribution in [0.25, 0.3) is 0 Å². The lowest BCUT2D eigenvalue weighted by Gasteiger charge is -2.07. The third kappa shape index (κ3) is 4.61. The molecule has 14 heavy (non-hydrogen) atoms. The van der Waals surface area contributed by atoms with Crippen molar-refractivity contribution in [3.63, 3.8) is 0 Å². The second kappa shape index (κ2) is 6.15. The van der Waals surface area contributed by atoms with Crippen molar-refractivity contribution < 1.29 is 24.5 Å². The van der Waals surface area contributed by atoms with E-state index in [1.807, 2.05) is 13.8 Å². The van der Waals surface area contributed by atoms with Gasteiger partial charge in [0.15, 0.2) is 0 Å². The summed E-state index contributed by atoms with van der Waals surface area (Å²) < 4.78 is 0. The Kier molecular flexibility index (Phi) is 5.55. The van der Waals surface area contributed by atoms with Crippen LogP contribution in [0.3, 0.4) is 0 Å². The van der Waals surface area contributed by atoms with Crippen molar-refractivity contribution in [2.24, 2.45) is 5.92 Å². The van der Waals surface area contributed by atoms with E-state index < -0.39 is 17.5 Å². The highest BCUT2D eigenvalue weighted by atomic mass is 17.2. The molecule has 5 nitrogen and oxygen atoms in total. The number of aliphatic carboxylic acids is 1. The number of rotatable bonds is 6. The van der Waals surface area contributed by atoms with Gasteiger partial charge >= 0.3 is 11.9 Å². The molecule has 0 spiro atoms. The Morgan fingerprint density at radius 3 is 2.50 bits per heavy atom. The monoisotopic (exact) mass is 202 g/mol. The number of carboxylic acid groups (broad SMARTS) is 1. The summed E-state index contributed by atoms with van der Waals surface area (Å²) in [6.07, 6.45) is 0.886. The second-order valence-electron chi connectivity index (χ2n) is 2.95. The third-order valence-electron chi connectivity index (χ3n) is 1.69. The molecule has 0 aliphatic rings. The zero-order valence-electron chi connectivity index (χ0n) is 8.28. The average Bonchev–Trinajstić information content (AvgIpc) is 2.15. The molecule has 0 fully saturated rings. The highest BCUT2D eigenvalue weighted by Crippen LogP contribution is 2.02. The molecule has 5 heteroatoms. The Morgan fingerprint density at radius 1 is 1.50 bits per heavy atom. The van der Waals surface area contributed by atoms with Gasteiger partial charge in [0.25, 0.3) is 0 Å². The fourth-order valence-corrected chi connectivity index (χ4v) is 0.459. The summed E-state index contributed by atoms with van der Waals surface area (Å²) in [5.41, 5.74) is -0.644. The quantitative estimate of drug-likeness (QED) is 0.230. The van der Waals surface area contributed by atoms with Crippen molar-refractivity contribution >= 4 is 11.9 Å². The van der Waals surface area contributed by atoms with Gasteiger partial charge in [-0.05, 0) is 5.92 Å². The van der Waals surface area contributed by atoms with Crippen LogP contribution in [-0.2, 0) is 19.4 Å². The lowest BCUT2D eigenvalue weighted by atomic mass is 10.1. The molecular weight excluding hydrogens is 188 g/mol. The van der Waals surface area contributed by atoms with Crippen LogP contribution in [-0.4, -0.2) is 23.7 Å². The first-order valence-corrected chi connectivity index (χ1v) is 4.25. The van der Waals surface area contributed by atoms with Gasteiger partial charge < -0.3 is 5.11 Å². The molecular formula is C9H14O5. The highest BCUT2D eigenvalue weighted by Gasteiger charge is 2.17. The van der Waals surface area contributed by atoms with E-state index in [2.05, 4.69) is 16.4 Å². The third-order valence-corrected chi connectivity index (χ3v) is 1.69. The van der Waals surface area contributed by atoms with Crippen molar-refractivity contribution in [3.05, 3.63) is 12.2 Å². The van der Waals surface area contributed by atoms with E-state index in [-0.39, 0.29) is 12.5 Å². The van der Waals surface area contributed by atoms with Gasteiger partial charge in [-0.2, -0.15) is 4.89 Å². The molecule has 0 saturated heterocycles. The van der Waals surface area contributed by atoms with E-state index in [0.29, 0.717) is 0 Å². The average molecular weight is 202 g/mol. The summed E-state index contributed by atoms with van der Waals surface area (Å²) in [6, 6.07) is 0. The van der Waals surface area contributed by atoms with Gasteiger partial charge in [0.2, 0.25) is 0 Å². The van der Waals surface area contributed by atoms with E-state index in [1.54, 1.807) is 0 Å². The lowest BCUT2D eigenvalue weighted by Crippen LogP contribution is -2.16. The SMILES string of the molecule is C=C(C(=O)O)C(=O)OOCC(C)CC. The summed E-state index contributed by atoms with van der Waals surface area (Å²) in [5, 5.41) is 8.35. The maximum Gasteiger partial charge on any atom is 0.379 e. The maximum absolute atomic E-state index is 10.8. The van der Waals surface area contributed by atoms with Gasteiger partial charge in [0.05, 0.1) is 6.61 Å². The zero-order valence-corrected chi connectivity index (χ0v) is 8.28. The molecule has 0 aromatic heterocycles. The van der Waals surface area contributed by atoms with Crippen molar-refractivity contribution in [2.45, 2.75) is 20.3 Å². The van der Waals surface area contributed by atoms with Crippen molar-refractivity contribution in [1.29, 1.82) is 0 Å². The van der Waals surface area contributed by atoms with Crippen LogP contribution < -0.4 is 0 Å². The molecule has 0 aliphatic carbocycles. The van der Waals surface area contributed by atoms with Crippen molar-refractivity contribution in [3.8, 4) is 0 Å². The van der Waals surface area contributed by atoms with E-state index in [1.165, 1.54) is 0 Å². The van der Waals surface area contributed by atoms with E-state index >= 15 is 0 Å². The molecule has 0 aliphatic heterocycles. The molecule has 0 aromatic rings.